The Morgan fingerprint density at radius 1 is 1.29 bits per heavy atom. The van der Waals surface area contributed by atoms with Crippen LogP contribution in [0.2, 0.25) is 0 Å². The minimum Gasteiger partial charge on any atom is -0.349 e. The Morgan fingerprint density at radius 2 is 2.04 bits per heavy atom. The Balaban J connectivity index is 1.48. The fourth-order valence-corrected chi connectivity index (χ4v) is 3.83. The van der Waals surface area contributed by atoms with E-state index in [2.05, 4.69) is 10.6 Å². The van der Waals surface area contributed by atoms with Crippen molar-refractivity contribution in [2.75, 3.05) is 25.0 Å². The summed E-state index contributed by atoms with van der Waals surface area (Å²) in [5, 5.41) is 20.5. The minimum atomic E-state index is -0.496. The van der Waals surface area contributed by atoms with Crippen LogP contribution in [0.15, 0.2) is 35.0 Å². The van der Waals surface area contributed by atoms with E-state index in [0.717, 1.165) is 18.4 Å². The van der Waals surface area contributed by atoms with Gasteiger partial charge in [0.2, 0.25) is 5.91 Å². The molecule has 1 saturated heterocycles. The number of thiophene rings is 1. The molecule has 8 nitrogen and oxygen atoms in total. The average molecular weight is 402 g/mol. The molecular formula is C19H22N4O4S. The van der Waals surface area contributed by atoms with Crippen molar-refractivity contribution >= 4 is 34.5 Å². The van der Waals surface area contributed by atoms with Crippen molar-refractivity contribution in [3.8, 4) is 0 Å². The van der Waals surface area contributed by atoms with Gasteiger partial charge in [0.05, 0.1) is 11.5 Å². The lowest BCUT2D eigenvalue weighted by molar-refractivity contribution is -0.384. The van der Waals surface area contributed by atoms with Gasteiger partial charge in [-0.2, -0.15) is 11.3 Å². The molecule has 2 N–H and O–H groups in total. The molecule has 2 heterocycles. The fraction of sp³-hybridized carbons (Fsp3) is 0.368. The third-order valence-electron chi connectivity index (χ3n) is 4.70. The number of nitro benzene ring substituents is 1. The first-order valence-corrected chi connectivity index (χ1v) is 9.97. The summed E-state index contributed by atoms with van der Waals surface area (Å²) in [5.41, 5.74) is 1.53. The molecule has 1 aliphatic heterocycles. The Bertz CT molecular complexity index is 861. The van der Waals surface area contributed by atoms with Crippen molar-refractivity contribution in [1.29, 1.82) is 0 Å². The summed E-state index contributed by atoms with van der Waals surface area (Å²) in [6, 6.07) is 6.60. The van der Waals surface area contributed by atoms with Gasteiger partial charge < -0.3 is 10.6 Å². The number of carbonyl (C=O) groups is 2. The Morgan fingerprint density at radius 3 is 2.68 bits per heavy atom. The van der Waals surface area contributed by atoms with Crippen LogP contribution in [0.1, 0.15) is 28.8 Å². The van der Waals surface area contributed by atoms with Gasteiger partial charge in [0.1, 0.15) is 5.69 Å². The van der Waals surface area contributed by atoms with Crippen molar-refractivity contribution in [2.24, 2.45) is 0 Å². The Labute approximate surface area is 166 Å². The third kappa shape index (κ3) is 5.14. The van der Waals surface area contributed by atoms with Gasteiger partial charge in [-0.1, -0.05) is 6.07 Å². The van der Waals surface area contributed by atoms with E-state index in [9.17, 15) is 19.7 Å². The molecule has 0 aliphatic carbocycles. The van der Waals surface area contributed by atoms with E-state index in [1.807, 2.05) is 15.7 Å². The van der Waals surface area contributed by atoms with Gasteiger partial charge in [-0.05, 0) is 42.8 Å². The number of nitro groups is 1. The molecule has 3 rings (SSSR count). The topological polar surface area (TPSA) is 105 Å². The van der Waals surface area contributed by atoms with Gasteiger partial charge in [0.15, 0.2) is 0 Å². The van der Waals surface area contributed by atoms with Crippen LogP contribution in [0.4, 0.5) is 11.4 Å². The molecule has 9 heteroatoms. The van der Waals surface area contributed by atoms with Crippen LogP contribution in [-0.2, 0) is 4.79 Å². The van der Waals surface area contributed by atoms with Crippen LogP contribution in [0.25, 0.3) is 0 Å². The molecule has 1 fully saturated rings. The summed E-state index contributed by atoms with van der Waals surface area (Å²) in [7, 11) is 0. The minimum absolute atomic E-state index is 0.0656. The van der Waals surface area contributed by atoms with Crippen LogP contribution in [-0.4, -0.2) is 47.3 Å². The van der Waals surface area contributed by atoms with Crippen LogP contribution in [0, 0.1) is 17.0 Å². The number of nitrogens with one attached hydrogen (secondary N) is 2. The van der Waals surface area contributed by atoms with E-state index >= 15 is 0 Å². The second kappa shape index (κ2) is 8.94. The van der Waals surface area contributed by atoms with Crippen molar-refractivity contribution < 1.29 is 14.5 Å². The van der Waals surface area contributed by atoms with Gasteiger partial charge in [0.25, 0.3) is 11.6 Å². The highest BCUT2D eigenvalue weighted by atomic mass is 32.1. The molecule has 28 heavy (non-hydrogen) atoms. The zero-order chi connectivity index (χ0) is 20.1. The van der Waals surface area contributed by atoms with E-state index < -0.39 is 4.92 Å². The highest BCUT2D eigenvalue weighted by Gasteiger charge is 2.23. The summed E-state index contributed by atoms with van der Waals surface area (Å²) >= 11 is 1.49. The molecule has 0 atom stereocenters. The zero-order valence-electron chi connectivity index (χ0n) is 15.5. The van der Waals surface area contributed by atoms with Gasteiger partial charge >= 0.3 is 0 Å². The quantitative estimate of drug-likeness (QED) is 0.571. The van der Waals surface area contributed by atoms with Crippen LogP contribution in [0.3, 0.4) is 0 Å². The molecule has 0 unspecified atom stereocenters. The van der Waals surface area contributed by atoms with E-state index in [-0.39, 0.29) is 35.8 Å². The lowest BCUT2D eigenvalue weighted by Gasteiger charge is -2.31. The number of carbonyl (C=O) groups excluding carboxylic acids is 2. The van der Waals surface area contributed by atoms with E-state index in [0.29, 0.717) is 18.7 Å². The molecule has 2 amide bonds. The van der Waals surface area contributed by atoms with E-state index in [1.165, 1.54) is 17.4 Å². The maximum Gasteiger partial charge on any atom is 0.293 e. The summed E-state index contributed by atoms with van der Waals surface area (Å²) in [5.74, 6) is -0.350. The van der Waals surface area contributed by atoms with Gasteiger partial charge in [0, 0.05) is 36.1 Å². The SMILES string of the molecule is Cc1ccc(NC(=O)CN2CCC(NC(=O)c3ccsc3)CC2)c([N+](=O)[O-])c1. The monoisotopic (exact) mass is 402 g/mol. The molecule has 1 aromatic carbocycles. The number of benzene rings is 1. The largest absolute Gasteiger partial charge is 0.349 e. The first-order valence-electron chi connectivity index (χ1n) is 9.02. The van der Waals surface area contributed by atoms with Gasteiger partial charge in [-0.25, -0.2) is 0 Å². The first kappa shape index (κ1) is 20.0. The van der Waals surface area contributed by atoms with Crippen LogP contribution < -0.4 is 10.6 Å². The smallest absolute Gasteiger partial charge is 0.293 e. The number of hydrogen-bond donors (Lipinski definition) is 2. The molecular weight excluding hydrogens is 380 g/mol. The molecule has 1 aliphatic rings. The first-order chi connectivity index (χ1) is 13.4. The standard InChI is InChI=1S/C19H22N4O4S/c1-13-2-3-16(17(10-13)23(26)27)21-18(24)11-22-7-4-15(5-8-22)20-19(25)14-6-9-28-12-14/h2-3,6,9-10,12,15H,4-5,7-8,11H2,1H3,(H,20,25)(H,21,24). The van der Waals surface area contributed by atoms with Gasteiger partial charge in [-0.15, -0.1) is 0 Å². The zero-order valence-corrected chi connectivity index (χ0v) is 16.3. The number of amides is 2. The average Bonchev–Trinajstić information content (AvgIpc) is 3.19. The Kier molecular flexibility index (Phi) is 6.37. The molecule has 0 spiro atoms. The number of rotatable bonds is 6. The number of nitrogens with zero attached hydrogens (tertiary/aromatic N) is 2. The molecule has 0 bridgehead atoms. The second-order valence-corrected chi connectivity index (χ2v) is 7.64. The van der Waals surface area contributed by atoms with Crippen LogP contribution in [0.5, 0.6) is 0 Å². The fourth-order valence-electron chi connectivity index (χ4n) is 3.19. The summed E-state index contributed by atoms with van der Waals surface area (Å²) in [4.78, 5) is 37.1. The molecule has 2 aromatic rings. The molecule has 0 saturated carbocycles. The lowest BCUT2D eigenvalue weighted by atomic mass is 10.0. The predicted molar refractivity (Wildman–Crippen MR) is 108 cm³/mol. The Hall–Kier alpha value is -2.78. The molecule has 148 valence electrons. The van der Waals surface area contributed by atoms with Crippen molar-refractivity contribution in [3.63, 3.8) is 0 Å². The number of hydrogen-bond acceptors (Lipinski definition) is 6. The van der Waals surface area contributed by atoms with E-state index in [1.54, 1.807) is 25.1 Å². The van der Waals surface area contributed by atoms with Gasteiger partial charge in [-0.3, -0.25) is 24.6 Å². The highest BCUT2D eigenvalue weighted by molar-refractivity contribution is 7.08. The van der Waals surface area contributed by atoms with Crippen molar-refractivity contribution in [2.45, 2.75) is 25.8 Å². The summed E-state index contributed by atoms with van der Waals surface area (Å²) in [6.45, 7) is 3.28. The predicted octanol–water partition coefficient (Wildman–Crippen LogP) is 2.80. The third-order valence-corrected chi connectivity index (χ3v) is 5.38. The maximum atomic E-state index is 12.3. The van der Waals surface area contributed by atoms with Crippen LogP contribution >= 0.6 is 11.3 Å². The molecule has 0 radical (unpaired) electrons. The maximum absolute atomic E-state index is 12.3. The number of piperidine rings is 1. The lowest BCUT2D eigenvalue weighted by Crippen LogP contribution is -2.46. The van der Waals surface area contributed by atoms with E-state index in [4.69, 9.17) is 0 Å². The number of aryl methyl sites for hydroxylation is 1. The highest BCUT2D eigenvalue weighted by Crippen LogP contribution is 2.25. The number of anilines is 1. The summed E-state index contributed by atoms with van der Waals surface area (Å²) < 4.78 is 0. The van der Waals surface area contributed by atoms with Crippen molar-refractivity contribution in [3.05, 3.63) is 56.3 Å². The number of likely N-dealkylation sites (tertiary alicyclic amines) is 1. The normalized spacial score (nSPS) is 15.2. The van der Waals surface area contributed by atoms with Crippen molar-refractivity contribution in [1.82, 2.24) is 10.2 Å². The molecule has 1 aromatic heterocycles. The summed E-state index contributed by atoms with van der Waals surface area (Å²) in [6.07, 6.45) is 1.52. The second-order valence-electron chi connectivity index (χ2n) is 6.86.